The number of anilines is 1. The van der Waals surface area contributed by atoms with Crippen LogP contribution in [0.15, 0.2) is 12.3 Å². The van der Waals surface area contributed by atoms with E-state index in [0.29, 0.717) is 12.1 Å². The lowest BCUT2D eigenvalue weighted by molar-refractivity contribution is 0.205. The molecule has 0 aliphatic carbocycles. The number of nitrogens with zero attached hydrogens (tertiary/aromatic N) is 2. The van der Waals surface area contributed by atoms with Crippen molar-refractivity contribution in [3.05, 3.63) is 23.4 Å². The van der Waals surface area contributed by atoms with Crippen molar-refractivity contribution in [3.8, 4) is 0 Å². The molecule has 1 fully saturated rings. The number of aryl methyl sites for hydroxylation is 1. The molecule has 0 unspecified atom stereocenters. The second-order valence-corrected chi connectivity index (χ2v) is 5.17. The van der Waals surface area contributed by atoms with E-state index >= 15 is 0 Å². The molecule has 0 amide bonds. The van der Waals surface area contributed by atoms with Crippen molar-refractivity contribution in [1.82, 2.24) is 9.88 Å². The Hall–Kier alpha value is -1.09. The Morgan fingerprint density at radius 1 is 1.47 bits per heavy atom. The molecule has 3 heteroatoms. The van der Waals surface area contributed by atoms with Gasteiger partial charge in [0.25, 0.3) is 0 Å². The fourth-order valence-corrected chi connectivity index (χ4v) is 2.79. The van der Waals surface area contributed by atoms with Gasteiger partial charge in [-0.15, -0.1) is 0 Å². The minimum atomic E-state index is 0.563. The Kier molecular flexibility index (Phi) is 3.67. The van der Waals surface area contributed by atoms with E-state index in [4.69, 9.17) is 0 Å². The summed E-state index contributed by atoms with van der Waals surface area (Å²) in [6.07, 6.45) is 4.61. The molecule has 0 aromatic carbocycles. The van der Waals surface area contributed by atoms with Crippen LogP contribution in [0.2, 0.25) is 0 Å². The number of rotatable bonds is 3. The van der Waals surface area contributed by atoms with Crippen LogP contribution < -0.4 is 5.32 Å². The average Bonchev–Trinajstić information content (AvgIpc) is 2.77. The van der Waals surface area contributed by atoms with Crippen LogP contribution in [0.4, 0.5) is 5.82 Å². The summed E-state index contributed by atoms with van der Waals surface area (Å²) < 4.78 is 0. The van der Waals surface area contributed by atoms with E-state index in [2.05, 4.69) is 42.0 Å². The first-order valence-corrected chi connectivity index (χ1v) is 6.53. The number of hydrogen-bond donors (Lipinski definition) is 1. The van der Waals surface area contributed by atoms with E-state index < -0.39 is 0 Å². The highest BCUT2D eigenvalue weighted by Gasteiger charge is 2.28. The quantitative estimate of drug-likeness (QED) is 0.870. The lowest BCUT2D eigenvalue weighted by atomic mass is 10.0. The van der Waals surface area contributed by atoms with Crippen LogP contribution in [0.3, 0.4) is 0 Å². The maximum atomic E-state index is 4.46. The molecule has 0 saturated carbocycles. The van der Waals surface area contributed by atoms with Gasteiger partial charge in [0, 0.05) is 25.3 Å². The molecular formula is C14H23N3. The standard InChI is InChI=1S/C14H23N3/c1-10(2)17-7-5-6-13(17)12-9-16-14(15-4)8-11(12)3/h8-10,13H,5-7H2,1-4H3,(H,15,16)/t13-/m0/s1. The molecule has 2 rings (SSSR count). The Balaban J connectivity index is 2.27. The highest BCUT2D eigenvalue weighted by atomic mass is 15.2. The van der Waals surface area contributed by atoms with Crippen molar-refractivity contribution in [2.75, 3.05) is 18.9 Å². The molecule has 0 bridgehead atoms. The van der Waals surface area contributed by atoms with Crippen molar-refractivity contribution >= 4 is 5.82 Å². The van der Waals surface area contributed by atoms with Gasteiger partial charge < -0.3 is 5.32 Å². The summed E-state index contributed by atoms with van der Waals surface area (Å²) in [7, 11) is 1.91. The maximum absolute atomic E-state index is 4.46. The number of nitrogens with one attached hydrogen (secondary N) is 1. The Bertz CT molecular complexity index is 387. The minimum Gasteiger partial charge on any atom is -0.373 e. The summed E-state index contributed by atoms with van der Waals surface area (Å²) in [5.41, 5.74) is 2.75. The summed E-state index contributed by atoms with van der Waals surface area (Å²) in [5.74, 6) is 0.959. The second-order valence-electron chi connectivity index (χ2n) is 5.17. The normalized spacial score (nSPS) is 21.1. The van der Waals surface area contributed by atoms with Gasteiger partial charge >= 0.3 is 0 Å². The molecule has 94 valence electrons. The SMILES string of the molecule is CNc1cc(C)c([C@@H]2CCCN2C(C)C)cn1. The summed E-state index contributed by atoms with van der Waals surface area (Å²) in [4.78, 5) is 7.04. The fourth-order valence-electron chi connectivity index (χ4n) is 2.79. The molecule has 1 N–H and O–H groups in total. The van der Waals surface area contributed by atoms with E-state index in [0.717, 1.165) is 5.82 Å². The lowest BCUT2D eigenvalue weighted by Crippen LogP contribution is -2.30. The van der Waals surface area contributed by atoms with Gasteiger partial charge in [-0.25, -0.2) is 4.98 Å². The van der Waals surface area contributed by atoms with Gasteiger partial charge in [-0.3, -0.25) is 4.90 Å². The third-order valence-electron chi connectivity index (χ3n) is 3.72. The second kappa shape index (κ2) is 5.05. The van der Waals surface area contributed by atoms with Crippen LogP contribution in [0, 0.1) is 6.92 Å². The zero-order valence-electron chi connectivity index (χ0n) is 11.3. The predicted molar refractivity (Wildman–Crippen MR) is 72.3 cm³/mol. The van der Waals surface area contributed by atoms with E-state index in [1.165, 1.54) is 30.5 Å². The zero-order valence-corrected chi connectivity index (χ0v) is 11.3. The molecule has 2 heterocycles. The molecule has 0 spiro atoms. The van der Waals surface area contributed by atoms with E-state index in [-0.39, 0.29) is 0 Å². The number of likely N-dealkylation sites (tertiary alicyclic amines) is 1. The molecule has 1 atom stereocenters. The lowest BCUT2D eigenvalue weighted by Gasteiger charge is -2.29. The van der Waals surface area contributed by atoms with Crippen LogP contribution in [-0.2, 0) is 0 Å². The van der Waals surface area contributed by atoms with Gasteiger partial charge in [-0.1, -0.05) is 0 Å². The van der Waals surface area contributed by atoms with Gasteiger partial charge in [0.1, 0.15) is 5.82 Å². The molecular weight excluding hydrogens is 210 g/mol. The smallest absolute Gasteiger partial charge is 0.125 e. The first kappa shape index (κ1) is 12.4. The predicted octanol–water partition coefficient (Wildman–Crippen LogP) is 2.98. The first-order chi connectivity index (χ1) is 8.13. The average molecular weight is 233 g/mol. The van der Waals surface area contributed by atoms with Crippen LogP contribution in [-0.4, -0.2) is 29.5 Å². The van der Waals surface area contributed by atoms with Crippen LogP contribution in [0.5, 0.6) is 0 Å². The minimum absolute atomic E-state index is 0.563. The highest BCUT2D eigenvalue weighted by molar-refractivity contribution is 5.41. The van der Waals surface area contributed by atoms with Gasteiger partial charge in [0.2, 0.25) is 0 Å². The van der Waals surface area contributed by atoms with E-state index in [1.807, 2.05) is 13.2 Å². The molecule has 1 saturated heterocycles. The Morgan fingerprint density at radius 3 is 2.82 bits per heavy atom. The van der Waals surface area contributed by atoms with Crippen molar-refractivity contribution in [2.45, 2.75) is 45.7 Å². The third-order valence-corrected chi connectivity index (χ3v) is 3.72. The molecule has 1 aromatic rings. The van der Waals surface area contributed by atoms with Crippen molar-refractivity contribution in [1.29, 1.82) is 0 Å². The molecule has 3 nitrogen and oxygen atoms in total. The Labute approximate surface area is 104 Å². The first-order valence-electron chi connectivity index (χ1n) is 6.53. The molecule has 1 aliphatic rings. The topological polar surface area (TPSA) is 28.2 Å². The van der Waals surface area contributed by atoms with Crippen LogP contribution in [0.1, 0.15) is 43.9 Å². The number of pyridine rings is 1. The van der Waals surface area contributed by atoms with Gasteiger partial charge in [0.05, 0.1) is 0 Å². The zero-order chi connectivity index (χ0) is 12.4. The third kappa shape index (κ3) is 2.44. The number of aromatic nitrogens is 1. The van der Waals surface area contributed by atoms with Gasteiger partial charge in [-0.2, -0.15) is 0 Å². The molecule has 17 heavy (non-hydrogen) atoms. The van der Waals surface area contributed by atoms with Crippen molar-refractivity contribution < 1.29 is 0 Å². The van der Waals surface area contributed by atoms with Gasteiger partial charge in [0.15, 0.2) is 0 Å². The molecule has 0 radical (unpaired) electrons. The van der Waals surface area contributed by atoms with E-state index in [1.54, 1.807) is 0 Å². The van der Waals surface area contributed by atoms with Crippen LogP contribution in [0.25, 0.3) is 0 Å². The molecule has 1 aliphatic heterocycles. The largest absolute Gasteiger partial charge is 0.373 e. The summed E-state index contributed by atoms with van der Waals surface area (Å²) in [6, 6.07) is 3.32. The summed E-state index contributed by atoms with van der Waals surface area (Å²) >= 11 is 0. The Morgan fingerprint density at radius 2 is 2.24 bits per heavy atom. The maximum Gasteiger partial charge on any atom is 0.125 e. The number of hydrogen-bond acceptors (Lipinski definition) is 3. The van der Waals surface area contributed by atoms with E-state index in [9.17, 15) is 0 Å². The van der Waals surface area contributed by atoms with Gasteiger partial charge in [-0.05, 0) is 57.4 Å². The highest BCUT2D eigenvalue weighted by Crippen LogP contribution is 2.35. The summed E-state index contributed by atoms with van der Waals surface area (Å²) in [6.45, 7) is 7.97. The fraction of sp³-hybridized carbons (Fsp3) is 0.643. The van der Waals surface area contributed by atoms with Crippen LogP contribution >= 0.6 is 0 Å². The monoisotopic (exact) mass is 233 g/mol. The van der Waals surface area contributed by atoms with Crippen molar-refractivity contribution in [3.63, 3.8) is 0 Å². The summed E-state index contributed by atoms with van der Waals surface area (Å²) in [5, 5.41) is 3.09. The molecule has 1 aromatic heterocycles. The van der Waals surface area contributed by atoms with Crippen molar-refractivity contribution in [2.24, 2.45) is 0 Å².